The zero-order chi connectivity index (χ0) is 23.7. The normalized spacial score (nSPS) is 36.6. The molecule has 2 heterocycles. The van der Waals surface area contributed by atoms with E-state index in [-0.39, 0.29) is 39.4 Å². The average molecular weight is 467 g/mol. The maximum absolute atomic E-state index is 13.6. The summed E-state index contributed by atoms with van der Waals surface area (Å²) in [7, 11) is -3.89. The summed E-state index contributed by atoms with van der Waals surface area (Å²) in [6, 6.07) is 0. The van der Waals surface area contributed by atoms with Crippen molar-refractivity contribution in [3.63, 3.8) is 0 Å². The van der Waals surface area contributed by atoms with Crippen molar-refractivity contribution in [1.29, 1.82) is 0 Å². The highest BCUT2D eigenvalue weighted by atomic mass is 28.4. The maximum Gasteiger partial charge on any atom is 0.192 e. The molecule has 2 fully saturated rings. The van der Waals surface area contributed by atoms with E-state index in [4.69, 9.17) is 13.6 Å². The van der Waals surface area contributed by atoms with Crippen LogP contribution in [0, 0.1) is 11.3 Å². The summed E-state index contributed by atoms with van der Waals surface area (Å²) in [6.07, 6.45) is 6.54. The fourth-order valence-electron chi connectivity index (χ4n) is 5.21. The highest BCUT2D eigenvalue weighted by Crippen LogP contribution is 2.61. The van der Waals surface area contributed by atoms with E-state index in [1.54, 1.807) is 6.08 Å². The molecular formula is C25H46O4Si2. The Morgan fingerprint density at radius 1 is 1.03 bits per heavy atom. The third kappa shape index (κ3) is 3.98. The van der Waals surface area contributed by atoms with Crippen LogP contribution in [0.25, 0.3) is 0 Å². The van der Waals surface area contributed by atoms with Crippen molar-refractivity contribution in [2.45, 2.75) is 122 Å². The lowest BCUT2D eigenvalue weighted by Crippen LogP contribution is -2.66. The molecule has 1 saturated carbocycles. The molecule has 3 rings (SSSR count). The Hall–Kier alpha value is -0.276. The van der Waals surface area contributed by atoms with Crippen LogP contribution in [-0.4, -0.2) is 46.8 Å². The largest absolute Gasteiger partial charge is 0.416 e. The predicted molar refractivity (Wildman–Crippen MR) is 132 cm³/mol. The molecule has 0 unspecified atom stereocenters. The number of carbonyl (C=O) groups is 1. The van der Waals surface area contributed by atoms with Crippen molar-refractivity contribution in [2.75, 3.05) is 6.61 Å². The van der Waals surface area contributed by atoms with Crippen molar-refractivity contribution < 1.29 is 18.4 Å². The minimum atomic E-state index is -1.98. The quantitative estimate of drug-likeness (QED) is 0.435. The van der Waals surface area contributed by atoms with Gasteiger partial charge in [0, 0.05) is 17.9 Å². The van der Waals surface area contributed by atoms with Gasteiger partial charge in [-0.25, -0.2) is 0 Å². The van der Waals surface area contributed by atoms with E-state index in [0.717, 1.165) is 19.3 Å². The zero-order valence-electron chi connectivity index (χ0n) is 21.8. The number of ketones is 1. The topological polar surface area (TPSA) is 44.8 Å². The van der Waals surface area contributed by atoms with Crippen LogP contribution in [0.5, 0.6) is 0 Å². The average Bonchev–Trinajstić information content (AvgIpc) is 2.86. The molecule has 4 nitrogen and oxygen atoms in total. The first-order valence-electron chi connectivity index (χ1n) is 12.1. The van der Waals surface area contributed by atoms with Gasteiger partial charge in [0.1, 0.15) is 5.60 Å². The summed E-state index contributed by atoms with van der Waals surface area (Å²) >= 11 is 0. The van der Waals surface area contributed by atoms with Crippen LogP contribution < -0.4 is 0 Å². The molecule has 0 N–H and O–H groups in total. The summed E-state index contributed by atoms with van der Waals surface area (Å²) in [5.74, 6) is 0.199. The van der Waals surface area contributed by atoms with Crippen molar-refractivity contribution in [2.24, 2.45) is 11.3 Å². The molecule has 0 amide bonds. The van der Waals surface area contributed by atoms with Crippen LogP contribution in [0.2, 0.25) is 36.3 Å². The van der Waals surface area contributed by atoms with Gasteiger partial charge in [0.05, 0.1) is 12.2 Å². The molecule has 6 heteroatoms. The Morgan fingerprint density at radius 2 is 1.61 bits per heavy atom. The lowest BCUT2D eigenvalue weighted by molar-refractivity contribution is -0.188. The summed E-state index contributed by atoms with van der Waals surface area (Å²) in [4.78, 5) is 13.6. The van der Waals surface area contributed by atoms with Crippen LogP contribution in [0.1, 0.15) is 67.7 Å². The summed E-state index contributed by atoms with van der Waals surface area (Å²) in [5.41, 5.74) is -1.15. The molecule has 1 aliphatic carbocycles. The number of hydrogen-bond donors (Lipinski definition) is 0. The highest BCUT2D eigenvalue weighted by Gasteiger charge is 2.70. The first-order valence-corrected chi connectivity index (χ1v) is 17.9. The second-order valence-corrected chi connectivity index (χ2v) is 23.0. The summed E-state index contributed by atoms with van der Waals surface area (Å²) in [5, 5.41) is 0.280. The van der Waals surface area contributed by atoms with Crippen molar-refractivity contribution in [3.05, 3.63) is 12.2 Å². The predicted octanol–water partition coefficient (Wildman–Crippen LogP) is 6.48. The van der Waals surface area contributed by atoms with Gasteiger partial charge in [-0.3, -0.25) is 4.79 Å². The molecule has 0 aromatic carbocycles. The Labute approximate surface area is 192 Å². The first kappa shape index (κ1) is 25.3. The van der Waals surface area contributed by atoms with Gasteiger partial charge in [-0.2, -0.15) is 0 Å². The standard InChI is InChI=1S/C25H46O4Si2/c1-22(2,3)30(8,9)27-17-18-12-15-21(29-31(10,11)23(4,5)6)24(7)16-19-13-14-20(26)25(18,24)28-19/h13-14,18-19,21H,12,15-17H2,1-11H3/t18-,19-,21+,24-,25-/m1/s1. The van der Waals surface area contributed by atoms with E-state index in [1.165, 1.54) is 0 Å². The van der Waals surface area contributed by atoms with E-state index in [9.17, 15) is 4.79 Å². The number of ether oxygens (including phenoxy) is 1. The van der Waals surface area contributed by atoms with Crippen LogP contribution in [0.15, 0.2) is 12.2 Å². The van der Waals surface area contributed by atoms with E-state index < -0.39 is 22.2 Å². The maximum atomic E-state index is 13.6. The van der Waals surface area contributed by atoms with Crippen LogP contribution in [0.3, 0.4) is 0 Å². The molecule has 2 aliphatic heterocycles. The minimum Gasteiger partial charge on any atom is -0.416 e. The summed E-state index contributed by atoms with van der Waals surface area (Å²) in [6.45, 7) is 25.7. The van der Waals surface area contributed by atoms with Gasteiger partial charge in [0.25, 0.3) is 0 Å². The fourth-order valence-corrected chi connectivity index (χ4v) is 7.70. The first-order chi connectivity index (χ1) is 13.9. The fraction of sp³-hybridized carbons (Fsp3) is 0.880. The SMILES string of the molecule is CC(C)(C)[Si](C)(C)OC[C@H]1CC[C@H](O[Si](C)(C)C(C)(C)C)[C@@]2(C)C[C@H]3C=CC(=O)[C@]12O3. The third-order valence-corrected chi connectivity index (χ3v) is 18.4. The highest BCUT2D eigenvalue weighted by molar-refractivity contribution is 6.74. The van der Waals surface area contributed by atoms with Gasteiger partial charge < -0.3 is 13.6 Å². The van der Waals surface area contributed by atoms with E-state index in [1.807, 2.05) is 6.08 Å². The van der Waals surface area contributed by atoms with Gasteiger partial charge in [-0.1, -0.05) is 54.5 Å². The molecule has 3 aliphatic rings. The number of carbonyl (C=O) groups excluding carboxylic acids is 1. The molecule has 0 radical (unpaired) electrons. The van der Waals surface area contributed by atoms with E-state index in [2.05, 4.69) is 74.7 Å². The lowest BCUT2D eigenvalue weighted by atomic mass is 9.56. The van der Waals surface area contributed by atoms with Crippen LogP contribution in [-0.2, 0) is 18.4 Å². The van der Waals surface area contributed by atoms with Crippen molar-refractivity contribution in [1.82, 2.24) is 0 Å². The number of rotatable bonds is 5. The smallest absolute Gasteiger partial charge is 0.192 e. The Morgan fingerprint density at radius 3 is 2.16 bits per heavy atom. The van der Waals surface area contributed by atoms with E-state index in [0.29, 0.717) is 6.61 Å². The van der Waals surface area contributed by atoms with Gasteiger partial charge in [-0.05, 0) is 61.6 Å². The van der Waals surface area contributed by atoms with Crippen LogP contribution >= 0.6 is 0 Å². The lowest BCUT2D eigenvalue weighted by Gasteiger charge is -2.56. The van der Waals surface area contributed by atoms with E-state index >= 15 is 0 Å². The molecular weight excluding hydrogens is 420 g/mol. The Bertz CT molecular complexity index is 746. The molecule has 5 atom stereocenters. The molecule has 1 spiro atoms. The van der Waals surface area contributed by atoms with Gasteiger partial charge in [0.15, 0.2) is 22.4 Å². The second kappa shape index (κ2) is 7.62. The molecule has 1 saturated heterocycles. The molecule has 2 bridgehead atoms. The van der Waals surface area contributed by atoms with Crippen molar-refractivity contribution >= 4 is 22.4 Å². The van der Waals surface area contributed by atoms with Gasteiger partial charge >= 0.3 is 0 Å². The zero-order valence-corrected chi connectivity index (χ0v) is 23.8. The monoisotopic (exact) mass is 466 g/mol. The van der Waals surface area contributed by atoms with Gasteiger partial charge in [-0.15, -0.1) is 0 Å². The molecule has 0 aromatic rings. The molecule has 178 valence electrons. The molecule has 31 heavy (non-hydrogen) atoms. The Kier molecular flexibility index (Phi) is 6.23. The Balaban J connectivity index is 1.94. The number of fused-ring (bicyclic) bond motifs is 1. The number of hydrogen-bond acceptors (Lipinski definition) is 4. The third-order valence-electron chi connectivity index (χ3n) is 9.40. The molecule has 0 aromatic heterocycles. The second-order valence-electron chi connectivity index (χ2n) is 13.4. The van der Waals surface area contributed by atoms with Crippen molar-refractivity contribution in [3.8, 4) is 0 Å². The minimum absolute atomic E-state index is 0.00156. The van der Waals surface area contributed by atoms with Gasteiger partial charge in [0.2, 0.25) is 0 Å². The summed E-state index contributed by atoms with van der Waals surface area (Å²) < 4.78 is 20.3. The van der Waals surface area contributed by atoms with Crippen LogP contribution in [0.4, 0.5) is 0 Å².